The van der Waals surface area contributed by atoms with Crippen molar-refractivity contribution in [3.05, 3.63) is 69.7 Å². The maximum absolute atomic E-state index is 12.9. The van der Waals surface area contributed by atoms with Crippen LogP contribution in [0, 0.1) is 0 Å². The van der Waals surface area contributed by atoms with Gasteiger partial charge in [0, 0.05) is 36.0 Å². The third kappa shape index (κ3) is 6.25. The molecule has 2 aromatic rings. The van der Waals surface area contributed by atoms with Gasteiger partial charge >= 0.3 is 0 Å². The van der Waals surface area contributed by atoms with Crippen LogP contribution in [0.5, 0.6) is 0 Å². The fourth-order valence-electron chi connectivity index (χ4n) is 2.96. The largest absolute Gasteiger partial charge is 0.354 e. The number of rotatable bonds is 9. The molecule has 2 amide bonds. The Morgan fingerprint density at radius 2 is 1.79 bits per heavy atom. The van der Waals surface area contributed by atoms with E-state index in [2.05, 4.69) is 5.32 Å². The number of halogens is 2. The molecule has 4 nitrogen and oxygen atoms in total. The molecule has 6 heteroatoms. The van der Waals surface area contributed by atoms with Gasteiger partial charge in [0.05, 0.1) is 0 Å². The van der Waals surface area contributed by atoms with Crippen LogP contribution in [0.15, 0.2) is 48.5 Å². The highest BCUT2D eigenvalue weighted by Gasteiger charge is 2.29. The Balaban J connectivity index is 2.36. The summed E-state index contributed by atoms with van der Waals surface area (Å²) in [5, 5.41) is 3.95. The third-order valence-corrected chi connectivity index (χ3v) is 5.07. The topological polar surface area (TPSA) is 49.4 Å². The molecule has 0 aliphatic rings. The monoisotopic (exact) mass is 420 g/mol. The summed E-state index contributed by atoms with van der Waals surface area (Å²) in [7, 11) is 0. The highest BCUT2D eigenvalue weighted by atomic mass is 35.5. The Morgan fingerprint density at radius 1 is 1.07 bits per heavy atom. The van der Waals surface area contributed by atoms with E-state index in [1.165, 1.54) is 0 Å². The highest BCUT2D eigenvalue weighted by molar-refractivity contribution is 6.35. The first-order chi connectivity index (χ1) is 13.5. The van der Waals surface area contributed by atoms with Crippen molar-refractivity contribution in [3.8, 4) is 0 Å². The van der Waals surface area contributed by atoms with Crippen LogP contribution in [0.4, 0.5) is 0 Å². The zero-order chi connectivity index (χ0) is 20.5. The minimum Gasteiger partial charge on any atom is -0.354 e. The number of hydrogen-bond donors (Lipinski definition) is 1. The lowest BCUT2D eigenvalue weighted by Crippen LogP contribution is -2.50. The van der Waals surface area contributed by atoms with E-state index in [4.69, 9.17) is 23.2 Å². The van der Waals surface area contributed by atoms with Gasteiger partial charge in [-0.15, -0.1) is 0 Å². The van der Waals surface area contributed by atoms with E-state index in [1.807, 2.05) is 37.3 Å². The van der Waals surface area contributed by atoms with Crippen LogP contribution in [0.2, 0.25) is 10.0 Å². The average Bonchev–Trinajstić information content (AvgIpc) is 2.70. The Hall–Kier alpha value is -2.04. The average molecular weight is 421 g/mol. The van der Waals surface area contributed by atoms with Gasteiger partial charge in [-0.25, -0.2) is 0 Å². The molecule has 0 unspecified atom stereocenters. The van der Waals surface area contributed by atoms with Gasteiger partial charge in [0.1, 0.15) is 6.04 Å². The molecule has 0 heterocycles. The smallest absolute Gasteiger partial charge is 0.243 e. The van der Waals surface area contributed by atoms with Crippen LogP contribution in [-0.2, 0) is 22.6 Å². The lowest BCUT2D eigenvalue weighted by molar-refractivity contribution is -0.141. The van der Waals surface area contributed by atoms with Gasteiger partial charge < -0.3 is 10.2 Å². The van der Waals surface area contributed by atoms with Crippen molar-refractivity contribution in [2.75, 3.05) is 6.54 Å². The summed E-state index contributed by atoms with van der Waals surface area (Å²) in [6, 6.07) is 14.3. The molecule has 2 aromatic carbocycles. The van der Waals surface area contributed by atoms with E-state index in [1.54, 1.807) is 30.0 Å². The molecule has 0 fully saturated rings. The van der Waals surface area contributed by atoms with Crippen molar-refractivity contribution in [1.29, 1.82) is 0 Å². The van der Waals surface area contributed by atoms with Crippen LogP contribution in [0.25, 0.3) is 0 Å². The summed E-state index contributed by atoms with van der Waals surface area (Å²) >= 11 is 12.3. The molecular weight excluding hydrogens is 395 g/mol. The summed E-state index contributed by atoms with van der Waals surface area (Å²) < 4.78 is 0. The Bertz CT molecular complexity index is 796. The Kier molecular flexibility index (Phi) is 8.81. The first-order valence-electron chi connectivity index (χ1n) is 9.51. The number of benzene rings is 2. The SMILES string of the molecule is CCCNC(=O)[C@H](Cc1ccccc1)N(Cc1ccc(Cl)cc1Cl)C(=O)CC. The molecule has 0 aromatic heterocycles. The molecule has 2 rings (SSSR count). The third-order valence-electron chi connectivity index (χ3n) is 4.48. The van der Waals surface area contributed by atoms with Crippen molar-refractivity contribution in [2.24, 2.45) is 0 Å². The number of nitrogens with one attached hydrogen (secondary N) is 1. The second-order valence-corrected chi connectivity index (χ2v) is 7.45. The van der Waals surface area contributed by atoms with Gasteiger partial charge in [-0.2, -0.15) is 0 Å². The van der Waals surface area contributed by atoms with Crippen LogP contribution >= 0.6 is 23.2 Å². The number of nitrogens with zero attached hydrogens (tertiary/aromatic N) is 1. The summed E-state index contributed by atoms with van der Waals surface area (Å²) in [4.78, 5) is 27.3. The predicted octanol–water partition coefficient (Wildman–Crippen LogP) is 4.87. The number of carbonyl (C=O) groups is 2. The van der Waals surface area contributed by atoms with Crippen molar-refractivity contribution < 1.29 is 9.59 Å². The van der Waals surface area contributed by atoms with E-state index >= 15 is 0 Å². The van der Waals surface area contributed by atoms with E-state index in [9.17, 15) is 9.59 Å². The maximum Gasteiger partial charge on any atom is 0.243 e. The van der Waals surface area contributed by atoms with Crippen molar-refractivity contribution in [2.45, 2.75) is 45.7 Å². The molecule has 1 N–H and O–H groups in total. The molecule has 1 atom stereocenters. The van der Waals surface area contributed by atoms with Crippen LogP contribution in [-0.4, -0.2) is 29.3 Å². The first-order valence-corrected chi connectivity index (χ1v) is 10.3. The number of carbonyl (C=O) groups excluding carboxylic acids is 2. The van der Waals surface area contributed by atoms with E-state index in [0.29, 0.717) is 29.4 Å². The quantitative estimate of drug-likeness (QED) is 0.628. The molecule has 0 spiro atoms. The van der Waals surface area contributed by atoms with Crippen molar-refractivity contribution in [1.82, 2.24) is 10.2 Å². The summed E-state index contributed by atoms with van der Waals surface area (Å²) in [6.07, 6.45) is 1.57. The summed E-state index contributed by atoms with van der Waals surface area (Å²) in [6.45, 7) is 4.61. The lowest BCUT2D eigenvalue weighted by Gasteiger charge is -2.31. The molecule has 150 valence electrons. The van der Waals surface area contributed by atoms with Crippen molar-refractivity contribution >= 4 is 35.0 Å². The van der Waals surface area contributed by atoms with Gasteiger partial charge in [-0.05, 0) is 29.7 Å². The molecular formula is C22H26Cl2N2O2. The molecule has 0 aliphatic heterocycles. The second kappa shape index (κ2) is 11.1. The molecule has 0 aliphatic carbocycles. The zero-order valence-electron chi connectivity index (χ0n) is 16.3. The molecule has 0 bridgehead atoms. The van der Waals surface area contributed by atoms with Gasteiger partial charge in [0.25, 0.3) is 0 Å². The number of hydrogen-bond acceptors (Lipinski definition) is 2. The molecule has 0 radical (unpaired) electrons. The standard InChI is InChI=1S/C22H26Cl2N2O2/c1-3-12-25-22(28)20(13-16-8-6-5-7-9-16)26(21(27)4-2)15-17-10-11-18(23)14-19(17)24/h5-11,14,20H,3-4,12-13,15H2,1-2H3,(H,25,28)/t20-/m0/s1. The van der Waals surface area contributed by atoms with Gasteiger partial charge in [-0.1, -0.05) is 73.4 Å². The van der Waals surface area contributed by atoms with Crippen molar-refractivity contribution in [3.63, 3.8) is 0 Å². The van der Waals surface area contributed by atoms with E-state index in [0.717, 1.165) is 17.5 Å². The maximum atomic E-state index is 12.9. The fourth-order valence-corrected chi connectivity index (χ4v) is 3.42. The Morgan fingerprint density at radius 3 is 2.39 bits per heavy atom. The Labute approximate surface area is 176 Å². The predicted molar refractivity (Wildman–Crippen MR) is 115 cm³/mol. The highest BCUT2D eigenvalue weighted by Crippen LogP contribution is 2.24. The van der Waals surface area contributed by atoms with Crippen LogP contribution in [0.3, 0.4) is 0 Å². The molecule has 0 saturated heterocycles. The first kappa shape index (κ1) is 22.3. The number of amides is 2. The summed E-state index contributed by atoms with van der Waals surface area (Å²) in [5.74, 6) is -0.254. The second-order valence-electron chi connectivity index (χ2n) is 6.61. The minimum absolute atomic E-state index is 0.0985. The molecule has 0 saturated carbocycles. The normalized spacial score (nSPS) is 11.7. The van der Waals surface area contributed by atoms with Crippen LogP contribution in [0.1, 0.15) is 37.8 Å². The minimum atomic E-state index is -0.617. The summed E-state index contributed by atoms with van der Waals surface area (Å²) in [5.41, 5.74) is 1.75. The fraction of sp³-hybridized carbons (Fsp3) is 0.364. The van der Waals surface area contributed by atoms with Crippen LogP contribution < -0.4 is 5.32 Å². The van der Waals surface area contributed by atoms with Gasteiger partial charge in [-0.3, -0.25) is 9.59 Å². The van der Waals surface area contributed by atoms with E-state index < -0.39 is 6.04 Å². The lowest BCUT2D eigenvalue weighted by atomic mass is 10.0. The van der Waals surface area contributed by atoms with E-state index in [-0.39, 0.29) is 18.4 Å². The van der Waals surface area contributed by atoms with Gasteiger partial charge in [0.15, 0.2) is 0 Å². The molecule has 28 heavy (non-hydrogen) atoms. The zero-order valence-corrected chi connectivity index (χ0v) is 17.8. The van der Waals surface area contributed by atoms with Gasteiger partial charge in [0.2, 0.25) is 11.8 Å².